The van der Waals surface area contributed by atoms with Gasteiger partial charge in [-0.3, -0.25) is 5.10 Å². The molecule has 2 N–H and O–H groups in total. The van der Waals surface area contributed by atoms with Crippen LogP contribution in [0.4, 0.5) is 17.6 Å². The molecule has 1 atom stereocenters. The van der Waals surface area contributed by atoms with Gasteiger partial charge in [0, 0.05) is 23.9 Å². The van der Waals surface area contributed by atoms with E-state index in [1.807, 2.05) is 17.9 Å². The van der Waals surface area contributed by atoms with E-state index in [-0.39, 0.29) is 12.0 Å². The Morgan fingerprint density at radius 1 is 1.36 bits per heavy atom. The van der Waals surface area contributed by atoms with E-state index in [2.05, 4.69) is 29.4 Å². The number of aromatic nitrogens is 4. The number of carbonyl (C=O) groups excluding carboxylic acids is 1. The molecule has 1 aliphatic heterocycles. The number of rotatable bonds is 6. The number of nitrogens with one attached hydrogen (secondary N) is 2. The zero-order chi connectivity index (χ0) is 19.7. The summed E-state index contributed by atoms with van der Waals surface area (Å²) in [5.41, 5.74) is 3.31. The van der Waals surface area contributed by atoms with Gasteiger partial charge >= 0.3 is 5.97 Å². The predicted octanol–water partition coefficient (Wildman–Crippen LogP) is 3.09. The van der Waals surface area contributed by atoms with Crippen LogP contribution in [-0.4, -0.2) is 45.3 Å². The molecule has 150 valence electrons. The van der Waals surface area contributed by atoms with Crippen molar-refractivity contribution < 1.29 is 9.53 Å². The van der Waals surface area contributed by atoms with Crippen molar-refractivity contribution in [2.45, 2.75) is 64.8 Å². The van der Waals surface area contributed by atoms with Crippen LogP contribution in [0.2, 0.25) is 0 Å². The molecule has 0 amide bonds. The highest BCUT2D eigenvalue weighted by atomic mass is 16.5. The van der Waals surface area contributed by atoms with Crippen molar-refractivity contribution in [2.75, 3.05) is 23.4 Å². The lowest BCUT2D eigenvalue weighted by atomic mass is 10.1. The van der Waals surface area contributed by atoms with Crippen LogP contribution in [0.15, 0.2) is 6.07 Å². The molecule has 0 bridgehead atoms. The first-order chi connectivity index (χ1) is 13.6. The summed E-state index contributed by atoms with van der Waals surface area (Å²) in [5.74, 6) is 2.36. The van der Waals surface area contributed by atoms with E-state index >= 15 is 0 Å². The molecule has 1 aliphatic carbocycles. The van der Waals surface area contributed by atoms with Crippen LogP contribution >= 0.6 is 0 Å². The second-order valence-corrected chi connectivity index (χ2v) is 7.74. The Kier molecular flexibility index (Phi) is 5.19. The zero-order valence-electron chi connectivity index (χ0n) is 16.8. The maximum atomic E-state index is 12.4. The van der Waals surface area contributed by atoms with Gasteiger partial charge in [-0.1, -0.05) is 13.8 Å². The summed E-state index contributed by atoms with van der Waals surface area (Å²) in [6, 6.07) is 1.72. The van der Waals surface area contributed by atoms with Crippen molar-refractivity contribution in [1.29, 1.82) is 0 Å². The minimum atomic E-state index is -0.301. The van der Waals surface area contributed by atoms with Crippen LogP contribution in [0.3, 0.4) is 0 Å². The Morgan fingerprint density at radius 3 is 2.96 bits per heavy atom. The molecule has 0 spiro atoms. The summed E-state index contributed by atoms with van der Waals surface area (Å²) in [7, 11) is 0. The van der Waals surface area contributed by atoms with Crippen molar-refractivity contribution in [3.8, 4) is 0 Å². The van der Waals surface area contributed by atoms with E-state index in [1.165, 1.54) is 0 Å². The maximum absolute atomic E-state index is 12.4. The zero-order valence-corrected chi connectivity index (χ0v) is 16.8. The molecule has 8 nitrogen and oxygen atoms in total. The highest BCUT2D eigenvalue weighted by molar-refractivity contribution is 5.80. The van der Waals surface area contributed by atoms with E-state index in [0.29, 0.717) is 18.5 Å². The molecule has 4 rings (SSSR count). The Balaban J connectivity index is 1.64. The summed E-state index contributed by atoms with van der Waals surface area (Å²) in [6.45, 7) is 7.24. The van der Waals surface area contributed by atoms with E-state index in [0.717, 1.165) is 67.2 Å². The van der Waals surface area contributed by atoms with Gasteiger partial charge in [-0.25, -0.2) is 9.78 Å². The summed E-state index contributed by atoms with van der Waals surface area (Å²) in [5, 5.41) is 10.8. The summed E-state index contributed by atoms with van der Waals surface area (Å²) in [4.78, 5) is 24.0. The van der Waals surface area contributed by atoms with Crippen molar-refractivity contribution in [2.24, 2.45) is 0 Å². The van der Waals surface area contributed by atoms with E-state index < -0.39 is 0 Å². The summed E-state index contributed by atoms with van der Waals surface area (Å²) < 4.78 is 5.26. The van der Waals surface area contributed by atoms with Gasteiger partial charge in [-0.05, 0) is 44.9 Å². The third-order valence-electron chi connectivity index (χ3n) is 5.46. The highest BCUT2D eigenvalue weighted by Crippen LogP contribution is 2.32. The summed E-state index contributed by atoms with van der Waals surface area (Å²) >= 11 is 0. The molecule has 2 aromatic heterocycles. The third-order valence-corrected chi connectivity index (χ3v) is 5.46. The van der Waals surface area contributed by atoms with Gasteiger partial charge < -0.3 is 15.0 Å². The van der Waals surface area contributed by atoms with Gasteiger partial charge in [0.15, 0.2) is 5.82 Å². The number of esters is 1. The number of anilines is 3. The van der Waals surface area contributed by atoms with Crippen molar-refractivity contribution >= 4 is 23.6 Å². The van der Waals surface area contributed by atoms with Gasteiger partial charge in [0.05, 0.1) is 12.3 Å². The number of aromatic amines is 1. The quantitative estimate of drug-likeness (QED) is 0.739. The van der Waals surface area contributed by atoms with Gasteiger partial charge in [-0.2, -0.15) is 10.1 Å². The second kappa shape index (κ2) is 7.77. The first-order valence-corrected chi connectivity index (χ1v) is 10.2. The van der Waals surface area contributed by atoms with E-state index in [1.54, 1.807) is 0 Å². The monoisotopic (exact) mass is 384 g/mol. The summed E-state index contributed by atoms with van der Waals surface area (Å²) in [6.07, 6.45) is 4.68. The molecule has 0 saturated carbocycles. The Hall–Kier alpha value is -2.64. The highest BCUT2D eigenvalue weighted by Gasteiger charge is 2.35. The Morgan fingerprint density at radius 2 is 2.21 bits per heavy atom. The first kappa shape index (κ1) is 18.7. The lowest BCUT2D eigenvalue weighted by Gasteiger charge is -2.24. The average molecular weight is 384 g/mol. The maximum Gasteiger partial charge on any atom is 0.328 e. The van der Waals surface area contributed by atoms with Gasteiger partial charge in [-0.15, -0.1) is 0 Å². The minimum absolute atomic E-state index is 0.188. The number of aryl methyl sites for hydroxylation is 1. The molecule has 2 aliphatic rings. The molecular weight excluding hydrogens is 356 g/mol. The fraction of sp³-hybridized carbons (Fsp3) is 0.600. The van der Waals surface area contributed by atoms with Crippen LogP contribution < -0.4 is 10.2 Å². The lowest BCUT2D eigenvalue weighted by Crippen LogP contribution is -2.38. The molecule has 0 aromatic carbocycles. The van der Waals surface area contributed by atoms with Crippen LogP contribution in [0.1, 0.15) is 62.9 Å². The number of hydrogen-bond acceptors (Lipinski definition) is 7. The molecule has 0 radical (unpaired) electrons. The number of hydrogen-bond donors (Lipinski definition) is 2. The second-order valence-electron chi connectivity index (χ2n) is 7.74. The number of H-pyrrole nitrogens is 1. The standard InChI is InChI=1S/C20H28N6O2/c1-4-28-19(27)16-9-6-10-26(16)20-21-14-8-5-7-13(14)18(23-20)22-17-11-15(12(2)3)24-25-17/h11-12,16H,4-10H2,1-3H3,(H2,21,22,23,24,25)/t16-/m0/s1. The fourth-order valence-corrected chi connectivity index (χ4v) is 3.96. The predicted molar refractivity (Wildman–Crippen MR) is 107 cm³/mol. The van der Waals surface area contributed by atoms with Gasteiger partial charge in [0.1, 0.15) is 11.9 Å². The smallest absolute Gasteiger partial charge is 0.328 e. The van der Waals surface area contributed by atoms with Gasteiger partial charge in [0.2, 0.25) is 5.95 Å². The Labute approximate surface area is 165 Å². The van der Waals surface area contributed by atoms with Crippen LogP contribution in [0.25, 0.3) is 0 Å². The van der Waals surface area contributed by atoms with Crippen molar-refractivity contribution in [1.82, 2.24) is 20.2 Å². The molecular formula is C20H28N6O2. The van der Waals surface area contributed by atoms with E-state index in [4.69, 9.17) is 14.7 Å². The molecule has 0 unspecified atom stereocenters. The fourth-order valence-electron chi connectivity index (χ4n) is 3.96. The largest absolute Gasteiger partial charge is 0.464 e. The number of ether oxygens (including phenoxy) is 1. The molecule has 3 heterocycles. The van der Waals surface area contributed by atoms with Crippen LogP contribution in [0, 0.1) is 0 Å². The van der Waals surface area contributed by atoms with Crippen molar-refractivity contribution in [3.63, 3.8) is 0 Å². The lowest BCUT2D eigenvalue weighted by molar-refractivity contribution is -0.144. The van der Waals surface area contributed by atoms with Crippen LogP contribution in [0.5, 0.6) is 0 Å². The minimum Gasteiger partial charge on any atom is -0.464 e. The topological polar surface area (TPSA) is 96.0 Å². The molecule has 8 heteroatoms. The number of fused-ring (bicyclic) bond motifs is 1. The van der Waals surface area contributed by atoms with Crippen LogP contribution in [-0.2, 0) is 22.4 Å². The molecule has 1 saturated heterocycles. The molecule has 1 fully saturated rings. The van der Waals surface area contributed by atoms with E-state index in [9.17, 15) is 4.79 Å². The third kappa shape index (κ3) is 3.55. The molecule has 28 heavy (non-hydrogen) atoms. The van der Waals surface area contributed by atoms with Gasteiger partial charge in [0.25, 0.3) is 0 Å². The number of nitrogens with zero attached hydrogens (tertiary/aromatic N) is 4. The SMILES string of the molecule is CCOC(=O)[C@@H]1CCCN1c1nc2c(c(Nc3cc(C(C)C)[nH]n3)n1)CCC2. The molecule has 2 aromatic rings. The normalized spacial score (nSPS) is 18.6. The number of carbonyl (C=O) groups is 1. The average Bonchev–Trinajstić information content (AvgIpc) is 3.41. The van der Waals surface area contributed by atoms with Crippen molar-refractivity contribution in [3.05, 3.63) is 23.0 Å². The Bertz CT molecular complexity index is 862. The first-order valence-electron chi connectivity index (χ1n) is 10.2.